The van der Waals surface area contributed by atoms with Crippen molar-refractivity contribution in [3.8, 4) is 5.75 Å². The van der Waals surface area contributed by atoms with E-state index < -0.39 is 57.1 Å². The van der Waals surface area contributed by atoms with E-state index in [-0.39, 0.29) is 6.61 Å². The molecule has 0 bridgehead atoms. The monoisotopic (exact) mass is 413 g/mol. The van der Waals surface area contributed by atoms with Gasteiger partial charge in [-0.1, -0.05) is 36.1 Å². The Morgan fingerprint density at radius 3 is 2.17 bits per heavy atom. The van der Waals surface area contributed by atoms with Gasteiger partial charge in [0.2, 0.25) is 11.6 Å². The van der Waals surface area contributed by atoms with Gasteiger partial charge in [0.25, 0.3) is 0 Å². The minimum atomic E-state index is -2.26. The predicted octanol–water partition coefficient (Wildman–Crippen LogP) is 2.03. The summed E-state index contributed by atoms with van der Waals surface area (Å²) in [5.74, 6) is -11.7. The molecule has 0 unspecified atom stereocenters. The number of rotatable bonds is 3. The van der Waals surface area contributed by atoms with Crippen LogP contribution in [0.5, 0.6) is 5.75 Å². The molecule has 3 aromatic rings. The summed E-state index contributed by atoms with van der Waals surface area (Å²) in [5.41, 5.74) is 0.747. The standard InChI is InChI=1S/C12H6F4O5.C7H9N/c1-2-20-11(18)4-9(17)3-5(13)6(14)7(15)8(16)10(3)21-12(4)19;8-6-7-4-2-1-3-5-7/h17H,2H2,1H3;1-5H,6,8H2. The molecule has 3 rings (SSSR count). The lowest BCUT2D eigenvalue weighted by atomic mass is 10.1. The van der Waals surface area contributed by atoms with Crippen molar-refractivity contribution < 1.29 is 42.4 Å². The SMILES string of the molecule is CCOC(=O)c1c([O-])c2c(F)c(F)c(F)c(F)c2oc1=O.[NH3+]Cc1ccccc1. The number of hydrogen-bond donors (Lipinski definition) is 1. The van der Waals surface area contributed by atoms with E-state index in [9.17, 15) is 32.3 Å². The first kappa shape index (κ1) is 21.9. The summed E-state index contributed by atoms with van der Waals surface area (Å²) in [6, 6.07) is 10.2. The Morgan fingerprint density at radius 2 is 1.66 bits per heavy atom. The molecule has 3 N–H and O–H groups in total. The summed E-state index contributed by atoms with van der Waals surface area (Å²) in [7, 11) is 0. The highest BCUT2D eigenvalue weighted by atomic mass is 19.2. The van der Waals surface area contributed by atoms with Gasteiger partial charge in [-0.25, -0.2) is 22.8 Å². The molecule has 0 aliphatic heterocycles. The van der Waals surface area contributed by atoms with Gasteiger partial charge in [0.15, 0.2) is 17.2 Å². The number of hydrogen-bond acceptors (Lipinski definition) is 5. The lowest BCUT2D eigenvalue weighted by molar-refractivity contribution is -0.386. The topological polar surface area (TPSA) is 107 Å². The molecule has 0 radical (unpaired) electrons. The fourth-order valence-corrected chi connectivity index (χ4v) is 2.30. The molecule has 1 heterocycles. The highest BCUT2D eigenvalue weighted by Crippen LogP contribution is 2.32. The molecule has 0 saturated carbocycles. The zero-order valence-corrected chi connectivity index (χ0v) is 15.1. The molecule has 0 amide bonds. The summed E-state index contributed by atoms with van der Waals surface area (Å²) in [4.78, 5) is 22.9. The van der Waals surface area contributed by atoms with Crippen LogP contribution in [0, 0.1) is 23.3 Å². The van der Waals surface area contributed by atoms with Gasteiger partial charge in [0.05, 0.1) is 18.5 Å². The van der Waals surface area contributed by atoms with Crippen molar-refractivity contribution in [2.24, 2.45) is 0 Å². The van der Waals surface area contributed by atoms with Crippen LogP contribution in [0.4, 0.5) is 17.6 Å². The van der Waals surface area contributed by atoms with E-state index in [1.807, 2.05) is 18.2 Å². The van der Waals surface area contributed by atoms with Crippen molar-refractivity contribution in [1.82, 2.24) is 0 Å². The Morgan fingerprint density at radius 1 is 1.07 bits per heavy atom. The highest BCUT2D eigenvalue weighted by molar-refractivity contribution is 5.98. The molecule has 10 heteroatoms. The summed E-state index contributed by atoms with van der Waals surface area (Å²) in [6.07, 6.45) is 0. The molecular formula is C19H15F4NO5. The first-order valence-electron chi connectivity index (χ1n) is 8.24. The van der Waals surface area contributed by atoms with Crippen LogP contribution in [0.3, 0.4) is 0 Å². The van der Waals surface area contributed by atoms with E-state index in [0.29, 0.717) is 0 Å². The molecule has 0 aliphatic carbocycles. The van der Waals surface area contributed by atoms with Gasteiger partial charge in [0, 0.05) is 5.56 Å². The number of fused-ring (bicyclic) bond motifs is 1. The smallest absolute Gasteiger partial charge is 0.350 e. The van der Waals surface area contributed by atoms with E-state index in [1.54, 1.807) is 0 Å². The maximum atomic E-state index is 13.6. The molecule has 1 aromatic heterocycles. The Labute approximate surface area is 161 Å². The van der Waals surface area contributed by atoms with E-state index in [4.69, 9.17) is 0 Å². The Bertz CT molecular complexity index is 1100. The van der Waals surface area contributed by atoms with Crippen molar-refractivity contribution in [3.05, 3.63) is 75.1 Å². The van der Waals surface area contributed by atoms with Crippen molar-refractivity contribution in [2.75, 3.05) is 6.61 Å². The maximum Gasteiger partial charge on any atom is 0.350 e. The van der Waals surface area contributed by atoms with Crippen LogP contribution in [0.25, 0.3) is 11.0 Å². The van der Waals surface area contributed by atoms with Crippen LogP contribution in [0.1, 0.15) is 22.8 Å². The Hall–Kier alpha value is -3.40. The average molecular weight is 413 g/mol. The normalized spacial score (nSPS) is 10.4. The number of quaternary nitrogens is 1. The van der Waals surface area contributed by atoms with E-state index >= 15 is 0 Å². The van der Waals surface area contributed by atoms with Crippen LogP contribution in [0.2, 0.25) is 0 Å². The number of carbonyl (C=O) groups excluding carboxylic acids is 1. The molecule has 2 aromatic carbocycles. The molecule has 0 spiro atoms. The van der Waals surface area contributed by atoms with Crippen molar-refractivity contribution >= 4 is 16.9 Å². The van der Waals surface area contributed by atoms with Gasteiger partial charge in [0.1, 0.15) is 5.56 Å². The predicted molar refractivity (Wildman–Crippen MR) is 90.8 cm³/mol. The van der Waals surface area contributed by atoms with Crippen LogP contribution in [-0.2, 0) is 11.3 Å². The first-order valence-corrected chi connectivity index (χ1v) is 8.24. The zero-order chi connectivity index (χ0) is 21.7. The largest absolute Gasteiger partial charge is 0.871 e. The second-order valence-electron chi connectivity index (χ2n) is 5.51. The molecule has 0 atom stereocenters. The van der Waals surface area contributed by atoms with E-state index in [1.165, 1.54) is 12.5 Å². The van der Waals surface area contributed by atoms with Gasteiger partial charge >= 0.3 is 11.6 Å². The van der Waals surface area contributed by atoms with Gasteiger partial charge in [-0.2, -0.15) is 4.39 Å². The van der Waals surface area contributed by atoms with Gasteiger partial charge in [-0.3, -0.25) is 0 Å². The minimum Gasteiger partial charge on any atom is -0.871 e. The Kier molecular flexibility index (Phi) is 6.94. The third kappa shape index (κ3) is 4.37. The van der Waals surface area contributed by atoms with Gasteiger partial charge in [-0.05, 0) is 6.92 Å². The molecular weight excluding hydrogens is 398 g/mol. The second-order valence-corrected chi connectivity index (χ2v) is 5.51. The van der Waals surface area contributed by atoms with Crippen LogP contribution in [-0.4, -0.2) is 12.6 Å². The highest BCUT2D eigenvalue weighted by Gasteiger charge is 2.26. The van der Waals surface area contributed by atoms with Crippen LogP contribution < -0.4 is 16.5 Å². The lowest BCUT2D eigenvalue weighted by Gasteiger charge is -2.15. The zero-order valence-electron chi connectivity index (χ0n) is 15.1. The van der Waals surface area contributed by atoms with Crippen molar-refractivity contribution in [2.45, 2.75) is 13.5 Å². The molecule has 6 nitrogen and oxygen atoms in total. The number of halogens is 4. The minimum absolute atomic E-state index is 0.218. The summed E-state index contributed by atoms with van der Waals surface area (Å²) in [5, 5.41) is 10.5. The molecule has 29 heavy (non-hydrogen) atoms. The average Bonchev–Trinajstić information content (AvgIpc) is 2.71. The van der Waals surface area contributed by atoms with E-state index in [0.717, 1.165) is 6.54 Å². The number of ether oxygens (including phenoxy) is 1. The summed E-state index contributed by atoms with van der Waals surface area (Å²) in [6.45, 7) is 2.03. The van der Waals surface area contributed by atoms with Crippen molar-refractivity contribution in [1.29, 1.82) is 0 Å². The van der Waals surface area contributed by atoms with Crippen molar-refractivity contribution in [3.63, 3.8) is 0 Å². The lowest BCUT2D eigenvalue weighted by Crippen LogP contribution is -2.47. The van der Waals surface area contributed by atoms with Gasteiger partial charge in [-0.15, -0.1) is 0 Å². The maximum absolute atomic E-state index is 13.6. The fraction of sp³-hybridized carbons (Fsp3) is 0.158. The van der Waals surface area contributed by atoms with Crippen LogP contribution in [0.15, 0.2) is 39.5 Å². The third-order valence-corrected chi connectivity index (χ3v) is 3.69. The van der Waals surface area contributed by atoms with Crippen LogP contribution >= 0.6 is 0 Å². The summed E-state index contributed by atoms with van der Waals surface area (Å²) < 4.78 is 61.7. The first-order chi connectivity index (χ1) is 13.7. The molecule has 0 fully saturated rings. The molecule has 0 aliphatic rings. The van der Waals surface area contributed by atoms with E-state index in [2.05, 4.69) is 27.0 Å². The third-order valence-electron chi connectivity index (χ3n) is 3.69. The Balaban J connectivity index is 0.000000313. The molecule has 154 valence electrons. The summed E-state index contributed by atoms with van der Waals surface area (Å²) >= 11 is 0. The van der Waals surface area contributed by atoms with Gasteiger partial charge < -0.3 is 20.0 Å². The molecule has 0 saturated heterocycles. The fourth-order valence-electron chi connectivity index (χ4n) is 2.30. The second kappa shape index (κ2) is 9.20. The number of carbonyl (C=O) groups is 1. The number of esters is 1. The number of benzene rings is 2. The quantitative estimate of drug-likeness (QED) is 0.232.